The van der Waals surface area contributed by atoms with Crippen LogP contribution in [0.1, 0.15) is 45.7 Å². The van der Waals surface area contributed by atoms with Gasteiger partial charge in [-0.25, -0.2) is 4.68 Å². The molecule has 0 radical (unpaired) electrons. The van der Waals surface area contributed by atoms with Crippen LogP contribution in [0, 0.1) is 5.92 Å². The highest BCUT2D eigenvalue weighted by molar-refractivity contribution is 4.94. The molecule has 0 aliphatic heterocycles. The summed E-state index contributed by atoms with van der Waals surface area (Å²) in [6.45, 7) is 7.72. The highest BCUT2D eigenvalue weighted by Crippen LogP contribution is 2.08. The standard InChI is InChI=1S/C11H21N3/c1-4-5-8-14-11(9-12-13-14)7-6-10(2)3/h9-10H,4-8H2,1-3H3. The number of unbranched alkanes of at least 4 members (excludes halogenated alkanes) is 1. The Labute approximate surface area is 86.5 Å². The molecule has 0 aliphatic rings. The summed E-state index contributed by atoms with van der Waals surface area (Å²) < 4.78 is 2.05. The molecule has 0 fully saturated rings. The number of hydrogen-bond donors (Lipinski definition) is 0. The summed E-state index contributed by atoms with van der Waals surface area (Å²) in [5.74, 6) is 0.754. The summed E-state index contributed by atoms with van der Waals surface area (Å²) in [6, 6.07) is 0. The van der Waals surface area contributed by atoms with Crippen LogP contribution in [0.5, 0.6) is 0 Å². The summed E-state index contributed by atoms with van der Waals surface area (Å²) in [5.41, 5.74) is 1.28. The van der Waals surface area contributed by atoms with Gasteiger partial charge in [-0.2, -0.15) is 0 Å². The fourth-order valence-corrected chi connectivity index (χ4v) is 1.41. The Bertz CT molecular complexity index is 253. The lowest BCUT2D eigenvalue weighted by molar-refractivity contribution is 0.510. The van der Waals surface area contributed by atoms with Gasteiger partial charge in [-0.05, 0) is 25.2 Å². The van der Waals surface area contributed by atoms with E-state index in [2.05, 4.69) is 31.1 Å². The van der Waals surface area contributed by atoms with Crippen molar-refractivity contribution in [2.45, 2.75) is 53.0 Å². The fourth-order valence-electron chi connectivity index (χ4n) is 1.41. The minimum absolute atomic E-state index is 0.754. The molecule has 0 N–H and O–H groups in total. The van der Waals surface area contributed by atoms with E-state index >= 15 is 0 Å². The molecule has 1 aromatic rings. The Morgan fingerprint density at radius 3 is 2.86 bits per heavy atom. The minimum atomic E-state index is 0.754. The summed E-state index contributed by atoms with van der Waals surface area (Å²) in [5, 5.41) is 8.06. The number of hydrogen-bond acceptors (Lipinski definition) is 2. The maximum absolute atomic E-state index is 4.10. The largest absolute Gasteiger partial charge is 0.249 e. The molecule has 1 aromatic heterocycles. The van der Waals surface area contributed by atoms with E-state index in [1.54, 1.807) is 0 Å². The van der Waals surface area contributed by atoms with Crippen LogP contribution in [0.25, 0.3) is 0 Å². The second kappa shape index (κ2) is 5.78. The molecule has 0 unspecified atom stereocenters. The Hall–Kier alpha value is -0.860. The molecular weight excluding hydrogens is 174 g/mol. The highest BCUT2D eigenvalue weighted by Gasteiger charge is 2.04. The van der Waals surface area contributed by atoms with Crippen LogP contribution >= 0.6 is 0 Å². The maximum atomic E-state index is 4.10. The second-order valence-corrected chi connectivity index (χ2v) is 4.23. The third kappa shape index (κ3) is 3.48. The van der Waals surface area contributed by atoms with Gasteiger partial charge >= 0.3 is 0 Å². The molecular formula is C11H21N3. The number of nitrogens with zero attached hydrogens (tertiary/aromatic N) is 3. The van der Waals surface area contributed by atoms with Gasteiger partial charge in [-0.15, -0.1) is 5.10 Å². The van der Waals surface area contributed by atoms with E-state index in [1.807, 2.05) is 10.9 Å². The molecule has 0 spiro atoms. The Kier molecular flexibility index (Phi) is 4.63. The van der Waals surface area contributed by atoms with E-state index in [1.165, 1.54) is 25.0 Å². The van der Waals surface area contributed by atoms with Gasteiger partial charge in [0.2, 0.25) is 0 Å². The summed E-state index contributed by atoms with van der Waals surface area (Å²) in [4.78, 5) is 0. The average molecular weight is 195 g/mol. The van der Waals surface area contributed by atoms with E-state index in [9.17, 15) is 0 Å². The van der Waals surface area contributed by atoms with Crippen LogP contribution in [0.15, 0.2) is 6.20 Å². The van der Waals surface area contributed by atoms with Crippen molar-refractivity contribution in [3.8, 4) is 0 Å². The molecule has 0 amide bonds. The lowest BCUT2D eigenvalue weighted by atomic mass is 10.1. The molecule has 0 aromatic carbocycles. The topological polar surface area (TPSA) is 30.7 Å². The minimum Gasteiger partial charge on any atom is -0.249 e. The van der Waals surface area contributed by atoms with Crippen molar-refractivity contribution in [2.24, 2.45) is 5.92 Å². The van der Waals surface area contributed by atoms with E-state index in [0.29, 0.717) is 0 Å². The van der Waals surface area contributed by atoms with Gasteiger partial charge in [0.15, 0.2) is 0 Å². The number of aryl methyl sites for hydroxylation is 2. The summed E-state index contributed by atoms with van der Waals surface area (Å²) in [6.07, 6.45) is 6.63. The smallest absolute Gasteiger partial charge is 0.0725 e. The lowest BCUT2D eigenvalue weighted by Crippen LogP contribution is -2.06. The zero-order valence-electron chi connectivity index (χ0n) is 9.53. The summed E-state index contributed by atoms with van der Waals surface area (Å²) >= 11 is 0. The number of rotatable bonds is 6. The molecule has 80 valence electrons. The predicted molar refractivity (Wildman–Crippen MR) is 58.1 cm³/mol. The van der Waals surface area contributed by atoms with Crippen molar-refractivity contribution in [1.82, 2.24) is 15.0 Å². The molecule has 3 heteroatoms. The van der Waals surface area contributed by atoms with Crippen molar-refractivity contribution in [3.63, 3.8) is 0 Å². The normalized spacial score (nSPS) is 11.1. The fraction of sp³-hybridized carbons (Fsp3) is 0.818. The molecule has 0 saturated carbocycles. The van der Waals surface area contributed by atoms with Gasteiger partial charge in [0, 0.05) is 6.54 Å². The van der Waals surface area contributed by atoms with E-state index in [-0.39, 0.29) is 0 Å². The molecule has 3 nitrogen and oxygen atoms in total. The molecule has 0 atom stereocenters. The van der Waals surface area contributed by atoms with E-state index < -0.39 is 0 Å². The van der Waals surface area contributed by atoms with Crippen molar-refractivity contribution < 1.29 is 0 Å². The van der Waals surface area contributed by atoms with Crippen molar-refractivity contribution in [3.05, 3.63) is 11.9 Å². The van der Waals surface area contributed by atoms with Crippen molar-refractivity contribution in [1.29, 1.82) is 0 Å². The Morgan fingerprint density at radius 2 is 2.21 bits per heavy atom. The third-order valence-corrected chi connectivity index (χ3v) is 2.40. The Balaban J connectivity index is 2.45. The van der Waals surface area contributed by atoms with Crippen molar-refractivity contribution >= 4 is 0 Å². The lowest BCUT2D eigenvalue weighted by Gasteiger charge is -2.06. The monoisotopic (exact) mass is 195 g/mol. The first-order valence-electron chi connectivity index (χ1n) is 5.61. The third-order valence-electron chi connectivity index (χ3n) is 2.40. The van der Waals surface area contributed by atoms with Crippen LogP contribution in [0.4, 0.5) is 0 Å². The molecule has 0 saturated heterocycles. The van der Waals surface area contributed by atoms with Crippen LogP contribution in [0.3, 0.4) is 0 Å². The molecule has 1 heterocycles. The average Bonchev–Trinajstić information content (AvgIpc) is 2.58. The maximum Gasteiger partial charge on any atom is 0.0725 e. The highest BCUT2D eigenvalue weighted by atomic mass is 15.4. The Morgan fingerprint density at radius 1 is 1.43 bits per heavy atom. The first kappa shape index (κ1) is 11.2. The molecule has 0 bridgehead atoms. The SMILES string of the molecule is CCCCn1nncc1CCC(C)C. The zero-order chi connectivity index (χ0) is 10.4. The molecule has 1 rings (SSSR count). The summed E-state index contributed by atoms with van der Waals surface area (Å²) in [7, 11) is 0. The van der Waals surface area contributed by atoms with E-state index in [0.717, 1.165) is 18.9 Å². The van der Waals surface area contributed by atoms with Gasteiger partial charge in [0.1, 0.15) is 0 Å². The van der Waals surface area contributed by atoms with Gasteiger partial charge in [-0.1, -0.05) is 32.4 Å². The quantitative estimate of drug-likeness (QED) is 0.698. The molecule has 0 aliphatic carbocycles. The van der Waals surface area contributed by atoms with Gasteiger partial charge in [-0.3, -0.25) is 0 Å². The molecule has 14 heavy (non-hydrogen) atoms. The first-order valence-corrected chi connectivity index (χ1v) is 5.61. The van der Waals surface area contributed by atoms with Gasteiger partial charge in [0.05, 0.1) is 11.9 Å². The van der Waals surface area contributed by atoms with Gasteiger partial charge < -0.3 is 0 Å². The second-order valence-electron chi connectivity index (χ2n) is 4.23. The van der Waals surface area contributed by atoms with E-state index in [4.69, 9.17) is 0 Å². The predicted octanol–water partition coefficient (Wildman–Crippen LogP) is 2.67. The van der Waals surface area contributed by atoms with Crippen molar-refractivity contribution in [2.75, 3.05) is 0 Å². The van der Waals surface area contributed by atoms with Crippen LogP contribution in [-0.4, -0.2) is 15.0 Å². The zero-order valence-corrected chi connectivity index (χ0v) is 9.53. The van der Waals surface area contributed by atoms with Crippen LogP contribution < -0.4 is 0 Å². The first-order chi connectivity index (χ1) is 6.74. The van der Waals surface area contributed by atoms with Crippen LogP contribution in [-0.2, 0) is 13.0 Å². The van der Waals surface area contributed by atoms with Gasteiger partial charge in [0.25, 0.3) is 0 Å². The van der Waals surface area contributed by atoms with Crippen LogP contribution in [0.2, 0.25) is 0 Å². The number of aromatic nitrogens is 3.